The number of ether oxygens (including phenoxy) is 1. The minimum Gasteiger partial charge on any atom is -0.491 e. The van der Waals surface area contributed by atoms with E-state index < -0.39 is 0 Å². The Morgan fingerprint density at radius 1 is 1.33 bits per heavy atom. The highest BCUT2D eigenvalue weighted by Gasteiger charge is 2.17. The van der Waals surface area contributed by atoms with Crippen molar-refractivity contribution in [2.24, 2.45) is 0 Å². The topological polar surface area (TPSA) is 58.2 Å². The van der Waals surface area contributed by atoms with Gasteiger partial charge in [0.15, 0.2) is 5.82 Å². The summed E-state index contributed by atoms with van der Waals surface area (Å²) in [6.45, 7) is 1.83. The molecule has 0 spiro atoms. The van der Waals surface area contributed by atoms with Crippen molar-refractivity contribution >= 4 is 5.82 Å². The number of H-pyrrole nitrogens is 1. The highest BCUT2D eigenvalue weighted by Crippen LogP contribution is 2.23. The van der Waals surface area contributed by atoms with Gasteiger partial charge in [0.05, 0.1) is 6.54 Å². The zero-order valence-corrected chi connectivity index (χ0v) is 9.80. The van der Waals surface area contributed by atoms with E-state index in [0.717, 1.165) is 11.3 Å². The molecule has 92 valence electrons. The number of aromatic amines is 1. The largest absolute Gasteiger partial charge is 0.491 e. The molecular formula is C13H13N3O2. The van der Waals surface area contributed by atoms with Crippen molar-refractivity contribution in [3.05, 3.63) is 52.6 Å². The molecule has 1 aromatic heterocycles. The second-order valence-electron chi connectivity index (χ2n) is 4.12. The van der Waals surface area contributed by atoms with Gasteiger partial charge in [-0.15, -0.1) is 0 Å². The molecule has 0 fully saturated rings. The van der Waals surface area contributed by atoms with E-state index in [1.165, 1.54) is 6.20 Å². The Labute approximate surface area is 104 Å². The summed E-state index contributed by atoms with van der Waals surface area (Å²) in [6.07, 6.45) is 3.13. The van der Waals surface area contributed by atoms with Crippen molar-refractivity contribution in [1.82, 2.24) is 9.97 Å². The molecule has 2 heterocycles. The van der Waals surface area contributed by atoms with Gasteiger partial charge < -0.3 is 14.6 Å². The molecule has 0 radical (unpaired) electrons. The third kappa shape index (κ3) is 1.95. The minimum atomic E-state index is -0.170. The maximum absolute atomic E-state index is 11.7. The average molecular weight is 243 g/mol. The van der Waals surface area contributed by atoms with E-state index in [1.807, 2.05) is 29.2 Å². The predicted octanol–water partition coefficient (Wildman–Crippen LogP) is 1.17. The first kappa shape index (κ1) is 10.8. The molecular weight excluding hydrogens is 230 g/mol. The number of benzene rings is 1. The molecule has 1 N–H and O–H groups in total. The first-order valence-electron chi connectivity index (χ1n) is 5.84. The molecule has 5 nitrogen and oxygen atoms in total. The van der Waals surface area contributed by atoms with Crippen molar-refractivity contribution in [2.45, 2.75) is 6.54 Å². The summed E-state index contributed by atoms with van der Waals surface area (Å²) < 4.78 is 5.66. The summed E-state index contributed by atoms with van der Waals surface area (Å²) in [4.78, 5) is 20.5. The lowest BCUT2D eigenvalue weighted by Gasteiger charge is -2.19. The first-order valence-corrected chi connectivity index (χ1v) is 5.84. The second-order valence-corrected chi connectivity index (χ2v) is 4.12. The minimum absolute atomic E-state index is 0.170. The third-order valence-electron chi connectivity index (χ3n) is 2.94. The summed E-state index contributed by atoms with van der Waals surface area (Å²) in [5, 5.41) is 0. The standard InChI is InChI=1S/C13H13N3O2/c17-13-12(14-5-6-15-13)16-7-8-18-11-4-2-1-3-10(11)9-16/h1-6H,7-9H2,(H,15,17). The molecule has 0 amide bonds. The normalized spacial score (nSPS) is 14.6. The second kappa shape index (κ2) is 4.52. The van der Waals surface area contributed by atoms with Crippen LogP contribution in [0.25, 0.3) is 0 Å². The smallest absolute Gasteiger partial charge is 0.290 e. The van der Waals surface area contributed by atoms with Crippen LogP contribution in [0.5, 0.6) is 5.75 Å². The quantitative estimate of drug-likeness (QED) is 0.816. The van der Waals surface area contributed by atoms with Crippen LogP contribution in [0.1, 0.15) is 5.56 Å². The Morgan fingerprint density at radius 2 is 2.22 bits per heavy atom. The van der Waals surface area contributed by atoms with Crippen molar-refractivity contribution in [1.29, 1.82) is 0 Å². The van der Waals surface area contributed by atoms with Gasteiger partial charge >= 0.3 is 0 Å². The lowest BCUT2D eigenvalue weighted by Crippen LogP contribution is -2.31. The number of nitrogens with one attached hydrogen (secondary N) is 1. The van der Waals surface area contributed by atoms with Crippen LogP contribution in [0.15, 0.2) is 41.5 Å². The number of para-hydroxylation sites is 1. The molecule has 0 saturated heterocycles. The highest BCUT2D eigenvalue weighted by molar-refractivity contribution is 5.42. The van der Waals surface area contributed by atoms with Gasteiger partial charge in [-0.05, 0) is 6.07 Å². The molecule has 3 rings (SSSR count). The van der Waals surface area contributed by atoms with Gasteiger partial charge in [-0.3, -0.25) is 4.79 Å². The van der Waals surface area contributed by atoms with E-state index in [9.17, 15) is 4.79 Å². The SMILES string of the molecule is O=c1[nH]ccnc1N1CCOc2ccccc2C1. The van der Waals surface area contributed by atoms with Gasteiger partial charge in [0.2, 0.25) is 0 Å². The maximum Gasteiger partial charge on any atom is 0.290 e. The zero-order valence-electron chi connectivity index (χ0n) is 9.80. The van der Waals surface area contributed by atoms with E-state index in [1.54, 1.807) is 6.20 Å². The number of anilines is 1. The molecule has 0 aliphatic carbocycles. The van der Waals surface area contributed by atoms with E-state index in [2.05, 4.69) is 9.97 Å². The summed E-state index contributed by atoms with van der Waals surface area (Å²) in [7, 11) is 0. The van der Waals surface area contributed by atoms with Crippen LogP contribution in [0, 0.1) is 0 Å². The van der Waals surface area contributed by atoms with Crippen molar-refractivity contribution < 1.29 is 4.74 Å². The number of hydrogen-bond donors (Lipinski definition) is 1. The van der Waals surface area contributed by atoms with Gasteiger partial charge in [-0.2, -0.15) is 0 Å². The Balaban J connectivity index is 1.97. The van der Waals surface area contributed by atoms with Crippen molar-refractivity contribution in [2.75, 3.05) is 18.1 Å². The summed E-state index contributed by atoms with van der Waals surface area (Å²) in [6, 6.07) is 7.86. The lowest BCUT2D eigenvalue weighted by atomic mass is 10.2. The Kier molecular flexibility index (Phi) is 2.72. The molecule has 2 aromatic rings. The van der Waals surface area contributed by atoms with Gasteiger partial charge in [-0.1, -0.05) is 18.2 Å². The van der Waals surface area contributed by atoms with E-state index in [-0.39, 0.29) is 5.56 Å². The van der Waals surface area contributed by atoms with E-state index >= 15 is 0 Å². The molecule has 1 aromatic carbocycles. The number of hydrogen-bond acceptors (Lipinski definition) is 4. The van der Waals surface area contributed by atoms with E-state index in [4.69, 9.17) is 4.74 Å². The molecule has 18 heavy (non-hydrogen) atoms. The van der Waals surface area contributed by atoms with Crippen LogP contribution >= 0.6 is 0 Å². The van der Waals surface area contributed by atoms with Crippen LogP contribution in [0.2, 0.25) is 0 Å². The van der Waals surface area contributed by atoms with Crippen LogP contribution in [0.4, 0.5) is 5.82 Å². The highest BCUT2D eigenvalue weighted by atomic mass is 16.5. The number of fused-ring (bicyclic) bond motifs is 1. The van der Waals surface area contributed by atoms with Crippen LogP contribution in [0.3, 0.4) is 0 Å². The molecule has 5 heteroatoms. The lowest BCUT2D eigenvalue weighted by molar-refractivity contribution is 0.331. The van der Waals surface area contributed by atoms with Crippen LogP contribution in [-0.2, 0) is 6.54 Å². The van der Waals surface area contributed by atoms with Crippen LogP contribution in [-0.4, -0.2) is 23.1 Å². The fourth-order valence-electron chi connectivity index (χ4n) is 2.08. The van der Waals surface area contributed by atoms with Gasteiger partial charge in [0.1, 0.15) is 12.4 Å². The monoisotopic (exact) mass is 243 g/mol. The first-order chi connectivity index (χ1) is 8.84. The van der Waals surface area contributed by atoms with Crippen molar-refractivity contribution in [3.63, 3.8) is 0 Å². The molecule has 1 aliphatic heterocycles. The number of aromatic nitrogens is 2. The van der Waals surface area contributed by atoms with Crippen LogP contribution < -0.4 is 15.2 Å². The Hall–Kier alpha value is -2.30. The molecule has 0 saturated carbocycles. The van der Waals surface area contributed by atoms with Gasteiger partial charge in [-0.25, -0.2) is 4.98 Å². The molecule has 0 bridgehead atoms. The molecule has 1 aliphatic rings. The summed E-state index contributed by atoms with van der Waals surface area (Å²) in [5.74, 6) is 1.32. The fraction of sp³-hybridized carbons (Fsp3) is 0.231. The Morgan fingerprint density at radius 3 is 3.11 bits per heavy atom. The Bertz CT molecular complexity index is 609. The average Bonchev–Trinajstić information content (AvgIpc) is 2.61. The van der Waals surface area contributed by atoms with Crippen molar-refractivity contribution in [3.8, 4) is 5.75 Å². The fourth-order valence-corrected chi connectivity index (χ4v) is 2.08. The van der Waals surface area contributed by atoms with Gasteiger partial charge in [0, 0.05) is 24.5 Å². The van der Waals surface area contributed by atoms with Gasteiger partial charge in [0.25, 0.3) is 5.56 Å². The number of nitrogens with zero attached hydrogens (tertiary/aromatic N) is 2. The maximum atomic E-state index is 11.7. The summed E-state index contributed by atoms with van der Waals surface area (Å²) in [5.41, 5.74) is 0.900. The molecule has 0 unspecified atom stereocenters. The summed E-state index contributed by atoms with van der Waals surface area (Å²) >= 11 is 0. The third-order valence-corrected chi connectivity index (χ3v) is 2.94. The zero-order chi connectivity index (χ0) is 12.4. The number of rotatable bonds is 1. The predicted molar refractivity (Wildman–Crippen MR) is 67.8 cm³/mol. The van der Waals surface area contributed by atoms with E-state index in [0.29, 0.717) is 25.5 Å². The molecule has 0 atom stereocenters.